The minimum Gasteiger partial charge on any atom is -0.467 e. The number of nitrogens with zero attached hydrogens (tertiary/aromatic N) is 1. The smallest absolute Gasteiger partial charge is 0.338 e. The highest BCUT2D eigenvalue weighted by molar-refractivity contribution is 7.92. The first-order valence-electron chi connectivity index (χ1n) is 8.86. The second-order valence-corrected chi connectivity index (χ2v) is 8.57. The van der Waals surface area contributed by atoms with Crippen molar-refractivity contribution in [3.05, 3.63) is 53.5 Å². The standard InChI is InChI=1S/C19H22N2O6S/c1-13(17-6-4-10-26-17)20-18(22)12-27-19(23)15-7-8-16-14(11-15)5-3-9-21(16)28(2,24)25/h4,6-8,10-11,13H,3,5,9,12H2,1-2H3,(H,20,22)/t13-/m0/s1. The van der Waals surface area contributed by atoms with Crippen molar-refractivity contribution >= 4 is 27.6 Å². The van der Waals surface area contributed by atoms with Crippen molar-refractivity contribution in [2.75, 3.05) is 23.7 Å². The second-order valence-electron chi connectivity index (χ2n) is 6.66. The van der Waals surface area contributed by atoms with E-state index in [0.29, 0.717) is 30.8 Å². The quantitative estimate of drug-likeness (QED) is 0.736. The van der Waals surface area contributed by atoms with Crippen molar-refractivity contribution in [1.82, 2.24) is 5.32 Å². The van der Waals surface area contributed by atoms with E-state index in [0.717, 1.165) is 11.8 Å². The summed E-state index contributed by atoms with van der Waals surface area (Å²) >= 11 is 0. The van der Waals surface area contributed by atoms with E-state index in [2.05, 4.69) is 5.32 Å². The van der Waals surface area contributed by atoms with E-state index in [-0.39, 0.29) is 11.6 Å². The van der Waals surface area contributed by atoms with Crippen molar-refractivity contribution < 1.29 is 27.2 Å². The normalized spacial score (nSPS) is 14.9. The molecule has 3 rings (SSSR count). The lowest BCUT2D eigenvalue weighted by molar-refractivity contribution is -0.125. The molecule has 0 saturated heterocycles. The van der Waals surface area contributed by atoms with Gasteiger partial charge in [-0.15, -0.1) is 0 Å². The number of rotatable bonds is 6. The minimum absolute atomic E-state index is 0.279. The lowest BCUT2D eigenvalue weighted by Gasteiger charge is -2.29. The number of nitrogens with one attached hydrogen (secondary N) is 1. The maximum atomic E-state index is 12.3. The van der Waals surface area contributed by atoms with Gasteiger partial charge in [0.05, 0.1) is 29.8 Å². The molecule has 1 aromatic heterocycles. The van der Waals surface area contributed by atoms with E-state index >= 15 is 0 Å². The third kappa shape index (κ3) is 4.53. The summed E-state index contributed by atoms with van der Waals surface area (Å²) in [7, 11) is -3.37. The third-order valence-corrected chi connectivity index (χ3v) is 5.65. The molecule has 0 spiro atoms. The van der Waals surface area contributed by atoms with Gasteiger partial charge in [0.25, 0.3) is 5.91 Å². The maximum Gasteiger partial charge on any atom is 0.338 e. The number of anilines is 1. The van der Waals surface area contributed by atoms with Crippen molar-refractivity contribution in [3.63, 3.8) is 0 Å². The molecule has 0 fully saturated rings. The summed E-state index contributed by atoms with van der Waals surface area (Å²) in [4.78, 5) is 24.2. The number of fused-ring (bicyclic) bond motifs is 1. The van der Waals surface area contributed by atoms with Gasteiger partial charge in [-0.2, -0.15) is 0 Å². The van der Waals surface area contributed by atoms with Gasteiger partial charge in [0.15, 0.2) is 6.61 Å². The monoisotopic (exact) mass is 406 g/mol. The Bertz CT molecular complexity index is 968. The molecular formula is C19H22N2O6S. The summed E-state index contributed by atoms with van der Waals surface area (Å²) in [6, 6.07) is 7.85. The molecule has 2 heterocycles. The van der Waals surface area contributed by atoms with E-state index in [1.54, 1.807) is 31.2 Å². The molecule has 0 radical (unpaired) electrons. The van der Waals surface area contributed by atoms with Crippen molar-refractivity contribution in [3.8, 4) is 0 Å². The summed E-state index contributed by atoms with van der Waals surface area (Å²) in [5.41, 5.74) is 1.62. The van der Waals surface area contributed by atoms with Crippen LogP contribution in [0.5, 0.6) is 0 Å². The molecule has 1 atom stereocenters. The number of ether oxygens (including phenoxy) is 1. The van der Waals surface area contributed by atoms with Crippen molar-refractivity contribution in [1.29, 1.82) is 0 Å². The Labute approximate surface area is 163 Å². The number of carbonyl (C=O) groups is 2. The van der Waals surface area contributed by atoms with Gasteiger partial charge in [-0.1, -0.05) is 0 Å². The number of benzene rings is 1. The predicted octanol–water partition coefficient (Wildman–Crippen LogP) is 2.03. The van der Waals surface area contributed by atoms with Crippen molar-refractivity contribution in [2.45, 2.75) is 25.8 Å². The zero-order chi connectivity index (χ0) is 20.3. The number of hydrogen-bond donors (Lipinski definition) is 1. The molecule has 1 aliphatic rings. The van der Waals surface area contributed by atoms with Gasteiger partial charge >= 0.3 is 5.97 Å². The first-order valence-corrected chi connectivity index (χ1v) is 10.7. The second kappa shape index (κ2) is 8.05. The van der Waals surface area contributed by atoms with Crippen LogP contribution < -0.4 is 9.62 Å². The number of amides is 1. The van der Waals surface area contributed by atoms with Crippen LogP contribution >= 0.6 is 0 Å². The highest BCUT2D eigenvalue weighted by atomic mass is 32.2. The Balaban J connectivity index is 1.61. The molecule has 9 heteroatoms. The molecule has 8 nitrogen and oxygen atoms in total. The van der Waals surface area contributed by atoms with E-state index < -0.39 is 28.5 Å². The van der Waals surface area contributed by atoms with E-state index in [4.69, 9.17) is 9.15 Å². The lowest BCUT2D eigenvalue weighted by atomic mass is 10.0. The zero-order valence-corrected chi connectivity index (χ0v) is 16.5. The molecule has 0 unspecified atom stereocenters. The topological polar surface area (TPSA) is 106 Å². The fourth-order valence-electron chi connectivity index (χ4n) is 3.14. The Morgan fingerprint density at radius 3 is 2.79 bits per heavy atom. The fourth-order valence-corrected chi connectivity index (χ4v) is 4.14. The van der Waals surface area contributed by atoms with E-state index in [1.807, 2.05) is 0 Å². The summed E-state index contributed by atoms with van der Waals surface area (Å²) in [5, 5.41) is 2.68. The van der Waals surface area contributed by atoms with Crippen LogP contribution in [0.1, 0.15) is 41.1 Å². The van der Waals surface area contributed by atoms with Gasteiger partial charge in [0.2, 0.25) is 10.0 Å². The number of aryl methyl sites for hydroxylation is 1. The average molecular weight is 406 g/mol. The molecule has 0 saturated carbocycles. The molecule has 150 valence electrons. The highest BCUT2D eigenvalue weighted by Crippen LogP contribution is 2.30. The van der Waals surface area contributed by atoms with Gasteiger partial charge in [-0.05, 0) is 55.7 Å². The van der Waals surface area contributed by atoms with Gasteiger partial charge in [-0.25, -0.2) is 13.2 Å². The highest BCUT2D eigenvalue weighted by Gasteiger charge is 2.25. The van der Waals surface area contributed by atoms with Crippen LogP contribution in [0.25, 0.3) is 0 Å². The minimum atomic E-state index is -3.37. The molecule has 1 aliphatic heterocycles. The summed E-state index contributed by atoms with van der Waals surface area (Å²) in [6.07, 6.45) is 4.01. The molecular weight excluding hydrogens is 384 g/mol. The Hall–Kier alpha value is -2.81. The summed E-state index contributed by atoms with van der Waals surface area (Å²) < 4.78 is 35.4. The molecule has 28 heavy (non-hydrogen) atoms. The van der Waals surface area contributed by atoms with Crippen LogP contribution in [0.15, 0.2) is 41.0 Å². The van der Waals surface area contributed by atoms with E-state index in [1.165, 1.54) is 16.6 Å². The Kier molecular flexibility index (Phi) is 5.73. The van der Waals surface area contributed by atoms with Crippen LogP contribution in [0.2, 0.25) is 0 Å². The largest absolute Gasteiger partial charge is 0.467 e. The lowest BCUT2D eigenvalue weighted by Crippen LogP contribution is -2.34. The summed E-state index contributed by atoms with van der Waals surface area (Å²) in [6.45, 7) is 1.76. The van der Waals surface area contributed by atoms with Crippen LogP contribution in [0.3, 0.4) is 0 Å². The van der Waals surface area contributed by atoms with Crippen LogP contribution in [0.4, 0.5) is 5.69 Å². The third-order valence-electron chi connectivity index (χ3n) is 4.47. The van der Waals surface area contributed by atoms with Crippen molar-refractivity contribution in [2.24, 2.45) is 0 Å². The predicted molar refractivity (Wildman–Crippen MR) is 103 cm³/mol. The average Bonchev–Trinajstić information content (AvgIpc) is 3.19. The first-order chi connectivity index (χ1) is 13.3. The molecule has 1 amide bonds. The molecule has 0 bridgehead atoms. The zero-order valence-electron chi connectivity index (χ0n) is 15.7. The summed E-state index contributed by atoms with van der Waals surface area (Å²) in [5.74, 6) is -0.483. The van der Waals surface area contributed by atoms with Crippen LogP contribution in [-0.4, -0.2) is 39.7 Å². The number of furan rings is 1. The number of hydrogen-bond acceptors (Lipinski definition) is 6. The number of carbonyl (C=O) groups excluding carboxylic acids is 2. The van der Waals surface area contributed by atoms with Gasteiger partial charge in [-0.3, -0.25) is 9.10 Å². The Morgan fingerprint density at radius 1 is 1.32 bits per heavy atom. The molecule has 2 aromatic rings. The fraction of sp³-hybridized carbons (Fsp3) is 0.368. The van der Waals surface area contributed by atoms with Gasteiger partial charge in [0, 0.05) is 6.54 Å². The molecule has 1 aromatic carbocycles. The van der Waals surface area contributed by atoms with Crippen LogP contribution in [0, 0.1) is 0 Å². The molecule has 0 aliphatic carbocycles. The Morgan fingerprint density at radius 2 is 2.11 bits per heavy atom. The SMILES string of the molecule is C[C@H](NC(=O)COC(=O)c1ccc2c(c1)CCCN2S(C)(=O)=O)c1ccco1. The van der Waals surface area contributed by atoms with Crippen LogP contribution in [-0.2, 0) is 26.0 Å². The molecule has 1 N–H and O–H groups in total. The number of esters is 1. The first kappa shape index (κ1) is 19.9. The van der Waals surface area contributed by atoms with Gasteiger partial charge < -0.3 is 14.5 Å². The van der Waals surface area contributed by atoms with Gasteiger partial charge in [0.1, 0.15) is 5.76 Å². The van der Waals surface area contributed by atoms with E-state index in [9.17, 15) is 18.0 Å². The number of sulfonamides is 1. The maximum absolute atomic E-state index is 12.3.